The van der Waals surface area contributed by atoms with Gasteiger partial charge in [-0.1, -0.05) is 0 Å². The van der Waals surface area contributed by atoms with Crippen molar-refractivity contribution in [1.29, 1.82) is 0 Å². The molecule has 0 aliphatic carbocycles. The zero-order valence-electron chi connectivity index (χ0n) is 4.67. The highest BCUT2D eigenvalue weighted by Crippen LogP contribution is 2.16. The van der Waals surface area contributed by atoms with Crippen LogP contribution in [0.3, 0.4) is 0 Å². The Morgan fingerprint density at radius 2 is 1.89 bits per heavy atom. The van der Waals surface area contributed by atoms with E-state index in [4.69, 9.17) is 0 Å². The summed E-state index contributed by atoms with van der Waals surface area (Å²) in [5, 5.41) is 0. The van der Waals surface area contributed by atoms with Gasteiger partial charge in [0.1, 0.15) is 0 Å². The van der Waals surface area contributed by atoms with E-state index >= 15 is 0 Å². The van der Waals surface area contributed by atoms with Crippen molar-refractivity contribution < 1.29 is 0 Å². The monoisotopic (exact) mass is 160 g/mol. The van der Waals surface area contributed by atoms with Gasteiger partial charge in [0.2, 0.25) is 10.9 Å². The second-order valence-corrected chi connectivity index (χ2v) is 2.80. The van der Waals surface area contributed by atoms with Crippen molar-refractivity contribution in [3.8, 4) is 0 Å². The van der Waals surface area contributed by atoms with Crippen molar-refractivity contribution in [2.75, 3.05) is 6.26 Å². The highest BCUT2D eigenvalue weighted by molar-refractivity contribution is 7.99. The molecule has 0 atom stereocenters. The van der Waals surface area contributed by atoms with E-state index in [1.165, 1.54) is 11.8 Å². The van der Waals surface area contributed by atoms with Crippen LogP contribution in [0.2, 0.25) is 0 Å². The molecule has 1 rings (SSSR count). The Kier molecular flexibility index (Phi) is 1.68. The molecule has 0 saturated carbocycles. The van der Waals surface area contributed by atoms with Gasteiger partial charge in [0.15, 0.2) is 0 Å². The lowest BCUT2D eigenvalue weighted by atomic mass is 10.3. The van der Waals surface area contributed by atoms with Crippen LogP contribution >= 0.6 is 24.4 Å². The SMILES string of the molecule is CSc1c(S)c(=O)c1=O. The van der Waals surface area contributed by atoms with Gasteiger partial charge in [-0.05, 0) is 6.26 Å². The lowest BCUT2D eigenvalue weighted by molar-refractivity contribution is 1.05. The first kappa shape index (κ1) is 6.89. The van der Waals surface area contributed by atoms with Crippen LogP contribution in [0.15, 0.2) is 19.4 Å². The fourth-order valence-corrected chi connectivity index (χ4v) is 1.59. The Labute approximate surface area is 61.4 Å². The number of thioether (sulfide) groups is 1. The Morgan fingerprint density at radius 3 is 2.11 bits per heavy atom. The smallest absolute Gasteiger partial charge is 0.241 e. The van der Waals surface area contributed by atoms with E-state index in [-0.39, 0.29) is 0 Å². The molecular formula is C5H4O2S2. The van der Waals surface area contributed by atoms with Gasteiger partial charge in [-0.25, -0.2) is 0 Å². The molecule has 0 unspecified atom stereocenters. The molecule has 4 heteroatoms. The molecule has 0 fully saturated rings. The largest absolute Gasteiger partial charge is 0.284 e. The van der Waals surface area contributed by atoms with Crippen molar-refractivity contribution in [3.05, 3.63) is 20.4 Å². The molecule has 0 N–H and O–H groups in total. The lowest BCUT2D eigenvalue weighted by Crippen LogP contribution is -2.33. The third kappa shape index (κ3) is 0.822. The van der Waals surface area contributed by atoms with Crippen molar-refractivity contribution in [3.63, 3.8) is 0 Å². The molecule has 0 saturated heterocycles. The van der Waals surface area contributed by atoms with Gasteiger partial charge < -0.3 is 0 Å². The quantitative estimate of drug-likeness (QED) is 0.364. The van der Waals surface area contributed by atoms with Crippen molar-refractivity contribution >= 4 is 24.4 Å². The molecule has 48 valence electrons. The Morgan fingerprint density at radius 1 is 1.33 bits per heavy atom. The summed E-state index contributed by atoms with van der Waals surface area (Å²) >= 11 is 5.07. The fourth-order valence-electron chi connectivity index (χ4n) is 0.548. The van der Waals surface area contributed by atoms with Crippen LogP contribution in [0.5, 0.6) is 0 Å². The van der Waals surface area contributed by atoms with Crippen LogP contribution in [0.1, 0.15) is 0 Å². The summed E-state index contributed by atoms with van der Waals surface area (Å²) < 4.78 is 0. The summed E-state index contributed by atoms with van der Waals surface area (Å²) in [4.78, 5) is 21.8. The van der Waals surface area contributed by atoms with E-state index in [0.717, 1.165) is 0 Å². The van der Waals surface area contributed by atoms with E-state index in [9.17, 15) is 9.59 Å². The minimum absolute atomic E-state index is 0.313. The maximum absolute atomic E-state index is 10.5. The average molecular weight is 160 g/mol. The van der Waals surface area contributed by atoms with Crippen LogP contribution < -0.4 is 10.9 Å². The van der Waals surface area contributed by atoms with E-state index < -0.39 is 10.9 Å². The number of rotatable bonds is 1. The summed E-state index contributed by atoms with van der Waals surface area (Å²) in [5.74, 6) is 0. The second kappa shape index (κ2) is 2.19. The topological polar surface area (TPSA) is 34.1 Å². The van der Waals surface area contributed by atoms with E-state index in [0.29, 0.717) is 9.79 Å². The van der Waals surface area contributed by atoms with E-state index in [1.807, 2.05) is 0 Å². The van der Waals surface area contributed by atoms with Crippen molar-refractivity contribution in [2.45, 2.75) is 9.79 Å². The number of hydrogen-bond acceptors (Lipinski definition) is 4. The third-order valence-electron chi connectivity index (χ3n) is 1.05. The predicted octanol–water partition coefficient (Wildman–Crippen LogP) is 0.293. The fraction of sp³-hybridized carbons (Fsp3) is 0.200. The number of thiol groups is 1. The summed E-state index contributed by atoms with van der Waals surface area (Å²) in [7, 11) is 0. The van der Waals surface area contributed by atoms with Gasteiger partial charge in [0.05, 0.1) is 9.79 Å². The molecule has 0 aliphatic rings. The Hall–Kier alpha value is -0.220. The summed E-state index contributed by atoms with van der Waals surface area (Å²) in [6.07, 6.45) is 1.75. The third-order valence-corrected chi connectivity index (χ3v) is 2.42. The molecule has 2 nitrogen and oxygen atoms in total. The first-order chi connectivity index (χ1) is 4.18. The minimum atomic E-state index is -0.456. The molecule has 0 spiro atoms. The summed E-state index contributed by atoms with van der Waals surface area (Å²) in [6.45, 7) is 0. The zero-order valence-corrected chi connectivity index (χ0v) is 6.38. The van der Waals surface area contributed by atoms with E-state index in [1.54, 1.807) is 6.26 Å². The molecule has 0 aromatic heterocycles. The minimum Gasteiger partial charge on any atom is -0.284 e. The predicted molar refractivity (Wildman–Crippen MR) is 40.4 cm³/mol. The Bertz CT molecular complexity index is 296. The molecule has 0 radical (unpaired) electrons. The molecule has 1 aromatic carbocycles. The molecule has 0 bridgehead atoms. The van der Waals surface area contributed by atoms with E-state index in [2.05, 4.69) is 12.6 Å². The first-order valence-corrected chi connectivity index (χ1v) is 3.92. The Balaban J connectivity index is 3.25. The van der Waals surface area contributed by atoms with Crippen LogP contribution in [-0.4, -0.2) is 6.26 Å². The zero-order chi connectivity index (χ0) is 7.02. The number of hydrogen-bond donors (Lipinski definition) is 1. The van der Waals surface area contributed by atoms with Crippen LogP contribution in [0.25, 0.3) is 0 Å². The standard InChI is InChI=1S/C5H4O2S2/c1-9-5-3(7)2(6)4(5)8/h8H,1H3. The highest BCUT2D eigenvalue weighted by Gasteiger charge is 2.15. The molecule has 0 aliphatic heterocycles. The van der Waals surface area contributed by atoms with Gasteiger partial charge in [0.25, 0.3) is 0 Å². The second-order valence-electron chi connectivity index (χ2n) is 1.54. The van der Waals surface area contributed by atoms with Gasteiger partial charge in [0, 0.05) is 0 Å². The molecular weight excluding hydrogens is 156 g/mol. The maximum atomic E-state index is 10.5. The van der Waals surface area contributed by atoms with Crippen LogP contribution in [0, 0.1) is 0 Å². The first-order valence-electron chi connectivity index (χ1n) is 2.24. The molecule has 0 amide bonds. The normalized spacial score (nSPS) is 10.4. The average Bonchev–Trinajstić information content (AvgIpc) is 1.89. The maximum Gasteiger partial charge on any atom is 0.241 e. The molecule has 1 aromatic rings. The van der Waals surface area contributed by atoms with Gasteiger partial charge in [-0.3, -0.25) is 9.59 Å². The van der Waals surface area contributed by atoms with Gasteiger partial charge in [-0.15, -0.1) is 24.4 Å². The summed E-state index contributed by atoms with van der Waals surface area (Å²) in [5.41, 5.74) is -0.852. The molecule has 9 heavy (non-hydrogen) atoms. The van der Waals surface area contributed by atoms with Crippen molar-refractivity contribution in [2.24, 2.45) is 0 Å². The summed E-state index contributed by atoms with van der Waals surface area (Å²) in [6, 6.07) is 0. The molecule has 0 heterocycles. The van der Waals surface area contributed by atoms with Crippen molar-refractivity contribution in [1.82, 2.24) is 0 Å². The lowest BCUT2D eigenvalue weighted by Gasteiger charge is -1.98. The van der Waals surface area contributed by atoms with Gasteiger partial charge in [-0.2, -0.15) is 0 Å². The highest BCUT2D eigenvalue weighted by atomic mass is 32.2. The van der Waals surface area contributed by atoms with Crippen LogP contribution in [0.4, 0.5) is 0 Å². The van der Waals surface area contributed by atoms with Gasteiger partial charge >= 0.3 is 0 Å². The van der Waals surface area contributed by atoms with Crippen LogP contribution in [-0.2, 0) is 0 Å².